The molecule has 122 valence electrons. The molecule has 0 bridgehead atoms. The lowest BCUT2D eigenvalue weighted by molar-refractivity contribution is 0.260. The normalized spacial score (nSPS) is 11.1. The van der Waals surface area contributed by atoms with Gasteiger partial charge in [-0.3, -0.25) is 0 Å². The van der Waals surface area contributed by atoms with E-state index in [1.165, 1.54) is 0 Å². The molecule has 0 aliphatic carbocycles. The summed E-state index contributed by atoms with van der Waals surface area (Å²) in [5.41, 5.74) is 2.89. The van der Waals surface area contributed by atoms with Crippen LogP contribution in [0.2, 0.25) is 0 Å². The molecule has 24 heavy (non-hydrogen) atoms. The zero-order valence-electron chi connectivity index (χ0n) is 13.5. The van der Waals surface area contributed by atoms with Gasteiger partial charge in [-0.15, -0.1) is 0 Å². The molecule has 0 fully saturated rings. The molecule has 4 nitrogen and oxygen atoms in total. The molecule has 0 atom stereocenters. The minimum atomic E-state index is 0.0332. The van der Waals surface area contributed by atoms with E-state index in [0.29, 0.717) is 5.89 Å². The molecule has 0 saturated heterocycles. The molecule has 3 aromatic rings. The second-order valence-corrected chi connectivity index (χ2v) is 5.32. The highest BCUT2D eigenvalue weighted by molar-refractivity contribution is 5.60. The summed E-state index contributed by atoms with van der Waals surface area (Å²) in [5.74, 6) is 2.08. The van der Waals surface area contributed by atoms with E-state index in [4.69, 9.17) is 14.3 Å². The summed E-state index contributed by atoms with van der Waals surface area (Å²) in [4.78, 5) is 4.52. The van der Waals surface area contributed by atoms with Crippen molar-refractivity contribution in [1.82, 2.24) is 4.98 Å². The van der Waals surface area contributed by atoms with Crippen LogP contribution in [0.15, 0.2) is 65.1 Å². The third kappa shape index (κ3) is 3.91. The van der Waals surface area contributed by atoms with Gasteiger partial charge in [-0.1, -0.05) is 54.6 Å². The van der Waals surface area contributed by atoms with Gasteiger partial charge >= 0.3 is 0 Å². The summed E-state index contributed by atoms with van der Waals surface area (Å²) in [7, 11) is 0. The minimum absolute atomic E-state index is 0.0332. The van der Waals surface area contributed by atoms with Crippen LogP contribution in [-0.4, -0.2) is 16.7 Å². The Bertz CT molecular complexity index is 805. The van der Waals surface area contributed by atoms with E-state index in [-0.39, 0.29) is 13.2 Å². The van der Waals surface area contributed by atoms with E-state index < -0.39 is 0 Å². The maximum atomic E-state index is 8.77. The Kier molecular flexibility index (Phi) is 5.08. The van der Waals surface area contributed by atoms with Crippen LogP contribution in [0, 0.1) is 6.92 Å². The predicted octanol–water partition coefficient (Wildman–Crippen LogP) is 4.23. The standard InChI is InChI=1S/C20H19NO3/c1-15-20(17-7-3-2-4-8-17)21-19(24-15)14-23-18-11-9-16(10-12-18)6-5-13-22/h2-12,22H,13-14H2,1H3/b6-5+. The van der Waals surface area contributed by atoms with Crippen LogP contribution >= 0.6 is 0 Å². The molecule has 1 heterocycles. The molecular formula is C20H19NO3. The average Bonchev–Trinajstić information content (AvgIpc) is 3.00. The average molecular weight is 321 g/mol. The lowest BCUT2D eigenvalue weighted by atomic mass is 10.1. The van der Waals surface area contributed by atoms with Gasteiger partial charge in [0, 0.05) is 5.56 Å². The number of aryl methyl sites for hydroxylation is 1. The SMILES string of the molecule is Cc1oc(COc2ccc(/C=C/CO)cc2)nc1-c1ccccc1. The van der Waals surface area contributed by atoms with E-state index in [9.17, 15) is 0 Å². The first-order valence-corrected chi connectivity index (χ1v) is 7.78. The smallest absolute Gasteiger partial charge is 0.233 e. The molecule has 0 saturated carbocycles. The highest BCUT2D eigenvalue weighted by atomic mass is 16.5. The first-order valence-electron chi connectivity index (χ1n) is 7.78. The topological polar surface area (TPSA) is 55.5 Å². The monoisotopic (exact) mass is 321 g/mol. The fourth-order valence-electron chi connectivity index (χ4n) is 2.39. The third-order valence-electron chi connectivity index (χ3n) is 3.55. The second-order valence-electron chi connectivity index (χ2n) is 5.32. The van der Waals surface area contributed by atoms with Crippen molar-refractivity contribution in [2.24, 2.45) is 0 Å². The van der Waals surface area contributed by atoms with E-state index in [2.05, 4.69) is 4.98 Å². The fourth-order valence-corrected chi connectivity index (χ4v) is 2.39. The summed E-state index contributed by atoms with van der Waals surface area (Å²) in [6.07, 6.45) is 3.55. The van der Waals surface area contributed by atoms with Crippen LogP contribution in [0.3, 0.4) is 0 Å². The van der Waals surface area contributed by atoms with Crippen molar-refractivity contribution in [2.45, 2.75) is 13.5 Å². The highest BCUT2D eigenvalue weighted by Crippen LogP contribution is 2.24. The van der Waals surface area contributed by atoms with Crippen molar-refractivity contribution in [3.05, 3.63) is 77.9 Å². The van der Waals surface area contributed by atoms with E-state index in [1.54, 1.807) is 6.08 Å². The largest absolute Gasteiger partial charge is 0.484 e. The van der Waals surface area contributed by atoms with Crippen LogP contribution in [0.1, 0.15) is 17.2 Å². The fraction of sp³-hybridized carbons (Fsp3) is 0.150. The van der Waals surface area contributed by atoms with Crippen molar-refractivity contribution in [3.63, 3.8) is 0 Å². The Hall–Kier alpha value is -2.85. The number of benzene rings is 2. The van der Waals surface area contributed by atoms with Gasteiger partial charge in [0.2, 0.25) is 5.89 Å². The number of aliphatic hydroxyl groups excluding tert-OH is 1. The quantitative estimate of drug-likeness (QED) is 0.738. The zero-order chi connectivity index (χ0) is 16.8. The zero-order valence-corrected chi connectivity index (χ0v) is 13.5. The highest BCUT2D eigenvalue weighted by Gasteiger charge is 2.11. The lowest BCUT2D eigenvalue weighted by Crippen LogP contribution is -1.95. The Balaban J connectivity index is 1.66. The van der Waals surface area contributed by atoms with E-state index in [0.717, 1.165) is 28.3 Å². The number of hydrogen-bond acceptors (Lipinski definition) is 4. The molecule has 3 rings (SSSR count). The first-order chi connectivity index (χ1) is 11.8. The van der Waals surface area contributed by atoms with Gasteiger partial charge in [0.25, 0.3) is 0 Å². The van der Waals surface area contributed by atoms with Gasteiger partial charge in [0.1, 0.15) is 17.2 Å². The Morgan fingerprint density at radius 2 is 1.83 bits per heavy atom. The summed E-state index contributed by atoms with van der Waals surface area (Å²) >= 11 is 0. The maximum Gasteiger partial charge on any atom is 0.233 e. The second kappa shape index (κ2) is 7.62. The van der Waals surface area contributed by atoms with Gasteiger partial charge in [0.15, 0.2) is 6.61 Å². The number of aliphatic hydroxyl groups is 1. The van der Waals surface area contributed by atoms with Crippen molar-refractivity contribution in [2.75, 3.05) is 6.61 Å². The number of hydrogen-bond donors (Lipinski definition) is 1. The van der Waals surface area contributed by atoms with Gasteiger partial charge in [-0.25, -0.2) is 4.98 Å². The van der Waals surface area contributed by atoms with Gasteiger partial charge in [0.05, 0.1) is 6.61 Å². The number of rotatable bonds is 6. The van der Waals surface area contributed by atoms with Gasteiger partial charge in [-0.2, -0.15) is 0 Å². The molecule has 1 aromatic heterocycles. The molecular weight excluding hydrogens is 302 g/mol. The molecule has 1 N–H and O–H groups in total. The van der Waals surface area contributed by atoms with Crippen molar-refractivity contribution >= 4 is 6.08 Å². The van der Waals surface area contributed by atoms with Crippen molar-refractivity contribution in [1.29, 1.82) is 0 Å². The summed E-state index contributed by atoms with van der Waals surface area (Å²) in [6.45, 7) is 2.21. The molecule has 0 amide bonds. The Morgan fingerprint density at radius 1 is 1.08 bits per heavy atom. The van der Waals surface area contributed by atoms with Crippen LogP contribution < -0.4 is 4.74 Å². The number of ether oxygens (including phenoxy) is 1. The number of nitrogens with zero attached hydrogens (tertiary/aromatic N) is 1. The third-order valence-corrected chi connectivity index (χ3v) is 3.55. The first kappa shape index (κ1) is 16.0. The maximum absolute atomic E-state index is 8.77. The summed E-state index contributed by atoms with van der Waals surface area (Å²) in [5, 5.41) is 8.77. The van der Waals surface area contributed by atoms with Crippen LogP contribution in [0.5, 0.6) is 5.75 Å². The molecule has 4 heteroatoms. The number of aromatic nitrogens is 1. The van der Waals surface area contributed by atoms with Crippen molar-refractivity contribution < 1.29 is 14.3 Å². The molecule has 0 spiro atoms. The van der Waals surface area contributed by atoms with Crippen molar-refractivity contribution in [3.8, 4) is 17.0 Å². The van der Waals surface area contributed by atoms with E-state index >= 15 is 0 Å². The molecule has 0 aliphatic rings. The van der Waals surface area contributed by atoms with Crippen LogP contribution in [0.25, 0.3) is 17.3 Å². The Morgan fingerprint density at radius 3 is 2.54 bits per heavy atom. The Labute approximate surface area is 141 Å². The van der Waals surface area contributed by atoms with Crippen LogP contribution in [0.4, 0.5) is 0 Å². The van der Waals surface area contributed by atoms with E-state index in [1.807, 2.05) is 67.6 Å². The summed E-state index contributed by atoms with van der Waals surface area (Å²) < 4.78 is 11.4. The molecule has 2 aromatic carbocycles. The lowest BCUT2D eigenvalue weighted by Gasteiger charge is -2.03. The summed E-state index contributed by atoms with van der Waals surface area (Å²) in [6, 6.07) is 17.6. The number of oxazole rings is 1. The van der Waals surface area contributed by atoms with Crippen LogP contribution in [-0.2, 0) is 6.61 Å². The minimum Gasteiger partial charge on any atom is -0.484 e. The van der Waals surface area contributed by atoms with Gasteiger partial charge < -0.3 is 14.3 Å². The van der Waals surface area contributed by atoms with Gasteiger partial charge in [-0.05, 0) is 24.6 Å². The molecule has 0 unspecified atom stereocenters. The predicted molar refractivity (Wildman–Crippen MR) is 93.6 cm³/mol. The molecule has 0 radical (unpaired) electrons. The molecule has 0 aliphatic heterocycles.